The first-order valence-electron chi connectivity index (χ1n) is 4.39. The molecule has 0 aliphatic heterocycles. The van der Waals surface area contributed by atoms with Gasteiger partial charge in [-0.1, -0.05) is 26.0 Å². The third-order valence-corrected chi connectivity index (χ3v) is 1.30. The smallest absolute Gasteiger partial charge is 0.221 e. The number of ketones is 1. The maximum absolute atomic E-state index is 11.0. The van der Waals surface area contributed by atoms with Gasteiger partial charge in [0, 0.05) is 6.92 Å². The van der Waals surface area contributed by atoms with Crippen LogP contribution in [0.15, 0.2) is 23.9 Å². The Morgan fingerprint density at radius 1 is 1.46 bits per heavy atom. The maximum atomic E-state index is 11.0. The largest absolute Gasteiger partial charge is 0.323 e. The van der Waals surface area contributed by atoms with Crippen LogP contribution in [0.25, 0.3) is 0 Å². The summed E-state index contributed by atoms with van der Waals surface area (Å²) >= 11 is 0. The highest BCUT2D eigenvalue weighted by Gasteiger charge is 2.08. The van der Waals surface area contributed by atoms with E-state index >= 15 is 0 Å². The van der Waals surface area contributed by atoms with Crippen molar-refractivity contribution >= 4 is 11.7 Å². The normalized spacial score (nSPS) is 14.1. The monoisotopic (exact) mass is 181 g/mol. The predicted molar refractivity (Wildman–Crippen MR) is 52.0 cm³/mol. The summed E-state index contributed by atoms with van der Waals surface area (Å²) in [4.78, 5) is 21.5. The molecule has 3 nitrogen and oxygen atoms in total. The summed E-state index contributed by atoms with van der Waals surface area (Å²) in [7, 11) is 0. The van der Waals surface area contributed by atoms with E-state index in [0.717, 1.165) is 0 Å². The molecule has 0 aromatic heterocycles. The molecule has 72 valence electrons. The first-order valence-corrected chi connectivity index (χ1v) is 4.39. The molecule has 1 N–H and O–H groups in total. The zero-order valence-electron chi connectivity index (χ0n) is 8.26. The number of rotatable bonds is 1. The molecule has 1 aliphatic carbocycles. The van der Waals surface area contributed by atoms with E-state index in [1.165, 1.54) is 13.0 Å². The van der Waals surface area contributed by atoms with Gasteiger partial charge in [0.25, 0.3) is 0 Å². The highest BCUT2D eigenvalue weighted by atomic mass is 16.2. The van der Waals surface area contributed by atoms with Gasteiger partial charge in [0.15, 0.2) is 0 Å². The second-order valence-corrected chi connectivity index (χ2v) is 2.30. The molecule has 0 bridgehead atoms. The highest BCUT2D eigenvalue weighted by Crippen LogP contribution is 2.03. The van der Waals surface area contributed by atoms with Crippen molar-refractivity contribution in [3.63, 3.8) is 0 Å². The molecule has 0 spiro atoms. The SMILES string of the molecule is CC.CC(=O)NC1=CCC=CC1=O. The van der Waals surface area contributed by atoms with Crippen LogP contribution in [-0.4, -0.2) is 11.7 Å². The molecular weight excluding hydrogens is 166 g/mol. The van der Waals surface area contributed by atoms with E-state index in [1.807, 2.05) is 13.8 Å². The third-order valence-electron chi connectivity index (χ3n) is 1.30. The lowest BCUT2D eigenvalue weighted by molar-refractivity contribution is -0.120. The minimum absolute atomic E-state index is 0.133. The first-order chi connectivity index (χ1) is 6.20. The molecule has 0 fully saturated rings. The van der Waals surface area contributed by atoms with Crippen molar-refractivity contribution in [1.29, 1.82) is 0 Å². The van der Waals surface area contributed by atoms with E-state index in [1.54, 1.807) is 12.2 Å². The number of carbonyl (C=O) groups excluding carboxylic acids is 2. The average molecular weight is 181 g/mol. The Morgan fingerprint density at radius 2 is 2.08 bits per heavy atom. The zero-order chi connectivity index (χ0) is 10.3. The summed E-state index contributed by atoms with van der Waals surface area (Å²) in [6, 6.07) is 0. The van der Waals surface area contributed by atoms with Crippen molar-refractivity contribution in [2.45, 2.75) is 27.2 Å². The predicted octanol–water partition coefficient (Wildman–Crippen LogP) is 1.56. The number of hydrogen-bond acceptors (Lipinski definition) is 2. The second kappa shape index (κ2) is 6.17. The fourth-order valence-electron chi connectivity index (χ4n) is 0.854. The second-order valence-electron chi connectivity index (χ2n) is 2.30. The van der Waals surface area contributed by atoms with Gasteiger partial charge in [-0.3, -0.25) is 9.59 Å². The molecule has 0 aromatic rings. The average Bonchev–Trinajstić information content (AvgIpc) is 2.12. The lowest BCUT2D eigenvalue weighted by atomic mass is 10.1. The molecule has 0 radical (unpaired) electrons. The van der Waals surface area contributed by atoms with Crippen LogP contribution in [0.1, 0.15) is 27.2 Å². The molecule has 0 aromatic carbocycles. The van der Waals surface area contributed by atoms with Crippen LogP contribution < -0.4 is 5.32 Å². The molecule has 13 heavy (non-hydrogen) atoms. The molecule has 1 aliphatic rings. The van der Waals surface area contributed by atoms with E-state index in [2.05, 4.69) is 5.32 Å². The Bertz CT molecular complexity index is 252. The van der Waals surface area contributed by atoms with Crippen molar-refractivity contribution < 1.29 is 9.59 Å². The van der Waals surface area contributed by atoms with Crippen molar-refractivity contribution in [2.24, 2.45) is 0 Å². The molecular formula is C10H15NO2. The summed E-state index contributed by atoms with van der Waals surface area (Å²) in [6.45, 7) is 5.38. The van der Waals surface area contributed by atoms with E-state index in [0.29, 0.717) is 12.1 Å². The zero-order valence-corrected chi connectivity index (χ0v) is 8.26. The van der Waals surface area contributed by atoms with Crippen LogP contribution >= 0.6 is 0 Å². The Balaban J connectivity index is 0.000000671. The van der Waals surface area contributed by atoms with E-state index < -0.39 is 0 Å². The molecule has 0 saturated heterocycles. The van der Waals surface area contributed by atoms with Gasteiger partial charge in [-0.15, -0.1) is 0 Å². The summed E-state index contributed by atoms with van der Waals surface area (Å²) in [5.41, 5.74) is 0.389. The molecule has 0 atom stereocenters. The van der Waals surface area contributed by atoms with E-state index in [9.17, 15) is 9.59 Å². The van der Waals surface area contributed by atoms with Gasteiger partial charge >= 0.3 is 0 Å². The van der Waals surface area contributed by atoms with Gasteiger partial charge < -0.3 is 5.32 Å². The summed E-state index contributed by atoms with van der Waals surface area (Å²) < 4.78 is 0. The van der Waals surface area contributed by atoms with Crippen molar-refractivity contribution in [1.82, 2.24) is 5.32 Å². The van der Waals surface area contributed by atoms with Crippen LogP contribution in [0.4, 0.5) is 0 Å². The molecule has 0 unspecified atom stereocenters. The van der Waals surface area contributed by atoms with Crippen LogP contribution in [0.5, 0.6) is 0 Å². The minimum atomic E-state index is -0.208. The molecule has 1 amide bonds. The minimum Gasteiger partial charge on any atom is -0.323 e. The third kappa shape index (κ3) is 4.25. The van der Waals surface area contributed by atoms with Crippen molar-refractivity contribution in [3.8, 4) is 0 Å². The van der Waals surface area contributed by atoms with Crippen LogP contribution in [-0.2, 0) is 9.59 Å². The number of carbonyl (C=O) groups is 2. The first kappa shape index (κ1) is 11.6. The number of amides is 1. The Hall–Kier alpha value is -1.38. The van der Waals surface area contributed by atoms with Crippen LogP contribution in [0, 0.1) is 0 Å². The fraction of sp³-hybridized carbons (Fsp3) is 0.400. The number of hydrogen-bond donors (Lipinski definition) is 1. The lowest BCUT2D eigenvalue weighted by Gasteiger charge is -2.06. The Morgan fingerprint density at radius 3 is 2.54 bits per heavy atom. The molecule has 0 heterocycles. The van der Waals surface area contributed by atoms with Gasteiger partial charge in [-0.2, -0.15) is 0 Å². The number of nitrogens with one attached hydrogen (secondary N) is 1. The van der Waals surface area contributed by atoms with Gasteiger partial charge in [0.05, 0.1) is 5.70 Å². The van der Waals surface area contributed by atoms with Crippen LogP contribution in [0.2, 0.25) is 0 Å². The lowest BCUT2D eigenvalue weighted by Crippen LogP contribution is -2.24. The van der Waals surface area contributed by atoms with Gasteiger partial charge in [0.2, 0.25) is 11.7 Å². The van der Waals surface area contributed by atoms with Gasteiger partial charge in [-0.25, -0.2) is 0 Å². The van der Waals surface area contributed by atoms with E-state index in [4.69, 9.17) is 0 Å². The highest BCUT2D eigenvalue weighted by molar-refractivity contribution is 6.06. The Kier molecular flexibility index (Phi) is 5.52. The summed E-state index contributed by atoms with van der Waals surface area (Å²) in [5.74, 6) is -0.341. The van der Waals surface area contributed by atoms with Gasteiger partial charge in [0.1, 0.15) is 0 Å². The summed E-state index contributed by atoms with van der Waals surface area (Å²) in [5, 5.41) is 2.45. The maximum Gasteiger partial charge on any atom is 0.221 e. The quantitative estimate of drug-likeness (QED) is 0.667. The van der Waals surface area contributed by atoms with Crippen molar-refractivity contribution in [2.75, 3.05) is 0 Å². The van der Waals surface area contributed by atoms with Gasteiger partial charge in [-0.05, 0) is 12.5 Å². The topological polar surface area (TPSA) is 46.2 Å². The van der Waals surface area contributed by atoms with Crippen molar-refractivity contribution in [3.05, 3.63) is 23.9 Å². The molecule has 1 rings (SSSR count). The fourth-order valence-corrected chi connectivity index (χ4v) is 0.854. The molecule has 0 saturated carbocycles. The molecule has 3 heteroatoms. The summed E-state index contributed by atoms with van der Waals surface area (Å²) in [6.07, 6.45) is 5.63. The number of allylic oxidation sites excluding steroid dienone is 3. The standard InChI is InChI=1S/C8H9NO2.C2H6/c1-6(10)9-7-4-2-3-5-8(7)11;1-2/h3-5H,2H2,1H3,(H,9,10);1-2H3. The Labute approximate surface area is 78.5 Å². The van der Waals surface area contributed by atoms with E-state index in [-0.39, 0.29) is 11.7 Å². The van der Waals surface area contributed by atoms with Crippen LogP contribution in [0.3, 0.4) is 0 Å².